The van der Waals surface area contributed by atoms with Crippen molar-refractivity contribution in [1.29, 1.82) is 0 Å². The molecule has 1 aromatic carbocycles. The lowest BCUT2D eigenvalue weighted by Gasteiger charge is -2.31. The normalized spacial score (nSPS) is 18.0. The van der Waals surface area contributed by atoms with Crippen LogP contribution in [0.2, 0.25) is 0 Å². The van der Waals surface area contributed by atoms with Crippen molar-refractivity contribution >= 4 is 5.97 Å². The topological polar surface area (TPSA) is 67.8 Å². The summed E-state index contributed by atoms with van der Waals surface area (Å²) in [6.45, 7) is 6.94. The molecule has 0 heterocycles. The molecule has 1 atom stereocenters. The van der Waals surface area contributed by atoms with Crippen molar-refractivity contribution in [3.05, 3.63) is 29.8 Å². The maximum atomic E-state index is 12.4. The van der Waals surface area contributed by atoms with Gasteiger partial charge in [-0.3, -0.25) is 4.79 Å². The molecular weight excluding hydrogens is 366 g/mol. The molecule has 0 bridgehead atoms. The number of carbonyl (C=O) groups excluding carboxylic acids is 1. The van der Waals surface area contributed by atoms with Gasteiger partial charge >= 0.3 is 5.97 Å². The highest BCUT2D eigenvalue weighted by molar-refractivity contribution is 5.70. The summed E-state index contributed by atoms with van der Waals surface area (Å²) < 4.78 is 11.5. The van der Waals surface area contributed by atoms with E-state index in [4.69, 9.17) is 9.47 Å². The summed E-state index contributed by atoms with van der Waals surface area (Å²) in [5.74, 6) is 0.621. The molecule has 0 aliphatic heterocycles. The first-order chi connectivity index (χ1) is 13.9. The van der Waals surface area contributed by atoms with Gasteiger partial charge in [0.25, 0.3) is 0 Å². The third kappa shape index (κ3) is 9.64. The second kappa shape index (κ2) is 12.2. The standard InChI is InChI=1S/C24H39NO4/c1-19(2)25-17-21(26)18-28-22-12-9-20(10-13-22)11-14-23(27)29-24(3)15-7-5-4-6-8-16-24/h9-10,12-13,19,21,25-26H,4-8,11,14-18H2,1-3H3. The van der Waals surface area contributed by atoms with Gasteiger partial charge in [-0.15, -0.1) is 0 Å². The fourth-order valence-corrected chi connectivity index (χ4v) is 3.70. The summed E-state index contributed by atoms with van der Waals surface area (Å²) in [6.07, 6.45) is 8.55. The largest absolute Gasteiger partial charge is 0.491 e. The quantitative estimate of drug-likeness (QED) is 0.565. The van der Waals surface area contributed by atoms with Gasteiger partial charge < -0.3 is 19.9 Å². The molecule has 0 saturated heterocycles. The minimum absolute atomic E-state index is 0.103. The van der Waals surface area contributed by atoms with Gasteiger partial charge in [-0.05, 0) is 56.7 Å². The Balaban J connectivity index is 1.71. The number of benzene rings is 1. The molecule has 1 fully saturated rings. The van der Waals surface area contributed by atoms with Crippen molar-refractivity contribution in [3.8, 4) is 5.75 Å². The molecule has 1 unspecified atom stereocenters. The highest BCUT2D eigenvalue weighted by atomic mass is 16.6. The van der Waals surface area contributed by atoms with E-state index in [1.807, 2.05) is 38.1 Å². The molecule has 1 aliphatic rings. The average Bonchev–Trinajstić information content (AvgIpc) is 2.67. The van der Waals surface area contributed by atoms with E-state index in [2.05, 4.69) is 12.2 Å². The molecule has 0 radical (unpaired) electrons. The van der Waals surface area contributed by atoms with E-state index >= 15 is 0 Å². The summed E-state index contributed by atoms with van der Waals surface area (Å²) in [4.78, 5) is 12.4. The number of hydrogen-bond donors (Lipinski definition) is 2. The Kier molecular flexibility index (Phi) is 9.95. The van der Waals surface area contributed by atoms with Crippen molar-refractivity contribution in [3.63, 3.8) is 0 Å². The van der Waals surface area contributed by atoms with E-state index < -0.39 is 6.10 Å². The van der Waals surface area contributed by atoms with Crippen molar-refractivity contribution in [1.82, 2.24) is 5.32 Å². The van der Waals surface area contributed by atoms with Crippen LogP contribution < -0.4 is 10.1 Å². The van der Waals surface area contributed by atoms with Gasteiger partial charge in [-0.1, -0.05) is 45.2 Å². The second-order valence-corrected chi connectivity index (χ2v) is 8.86. The van der Waals surface area contributed by atoms with Gasteiger partial charge in [-0.25, -0.2) is 0 Å². The van der Waals surface area contributed by atoms with E-state index in [0.29, 0.717) is 25.4 Å². The van der Waals surface area contributed by atoms with Crippen LogP contribution in [0.15, 0.2) is 24.3 Å². The van der Waals surface area contributed by atoms with Crippen LogP contribution in [-0.4, -0.2) is 42.0 Å². The minimum atomic E-state index is -0.540. The molecule has 0 spiro atoms. The van der Waals surface area contributed by atoms with E-state index in [0.717, 1.165) is 37.0 Å². The summed E-state index contributed by atoms with van der Waals surface area (Å²) in [5.41, 5.74) is 0.791. The number of hydrogen-bond acceptors (Lipinski definition) is 5. The molecule has 5 nitrogen and oxygen atoms in total. The molecular formula is C24H39NO4. The zero-order valence-electron chi connectivity index (χ0n) is 18.4. The fourth-order valence-electron chi connectivity index (χ4n) is 3.70. The van der Waals surface area contributed by atoms with Crippen LogP contribution in [0.25, 0.3) is 0 Å². The van der Waals surface area contributed by atoms with Crippen LogP contribution in [0.3, 0.4) is 0 Å². The predicted octanol–water partition coefficient (Wildman–Crippen LogP) is 4.40. The second-order valence-electron chi connectivity index (χ2n) is 8.86. The summed E-state index contributed by atoms with van der Waals surface area (Å²) in [5, 5.41) is 13.1. The molecule has 1 aliphatic carbocycles. The van der Waals surface area contributed by atoms with Gasteiger partial charge in [0.2, 0.25) is 0 Å². The number of nitrogens with one attached hydrogen (secondary N) is 1. The monoisotopic (exact) mass is 405 g/mol. The van der Waals surface area contributed by atoms with E-state index in [-0.39, 0.29) is 18.2 Å². The van der Waals surface area contributed by atoms with Crippen molar-refractivity contribution in [2.24, 2.45) is 0 Å². The lowest BCUT2D eigenvalue weighted by Crippen LogP contribution is -2.35. The maximum Gasteiger partial charge on any atom is 0.306 e. The van der Waals surface area contributed by atoms with Crippen molar-refractivity contribution in [2.75, 3.05) is 13.2 Å². The Bertz CT molecular complexity index is 591. The Morgan fingerprint density at radius 1 is 1.10 bits per heavy atom. The number of aliphatic hydroxyl groups is 1. The number of esters is 1. The summed E-state index contributed by atoms with van der Waals surface area (Å²) in [7, 11) is 0. The molecule has 2 rings (SSSR count). The van der Waals surface area contributed by atoms with Crippen molar-refractivity contribution < 1.29 is 19.4 Å². The number of ether oxygens (including phenoxy) is 2. The van der Waals surface area contributed by atoms with Gasteiger partial charge in [0.15, 0.2) is 0 Å². The van der Waals surface area contributed by atoms with Crippen LogP contribution in [0.4, 0.5) is 0 Å². The molecule has 2 N–H and O–H groups in total. The van der Waals surface area contributed by atoms with E-state index in [9.17, 15) is 9.90 Å². The van der Waals surface area contributed by atoms with Gasteiger partial charge in [0.05, 0.1) is 0 Å². The first-order valence-corrected chi connectivity index (χ1v) is 11.2. The van der Waals surface area contributed by atoms with Crippen LogP contribution in [0, 0.1) is 0 Å². The van der Waals surface area contributed by atoms with Crippen LogP contribution in [-0.2, 0) is 16.0 Å². The number of aryl methyl sites for hydroxylation is 1. The van der Waals surface area contributed by atoms with Gasteiger partial charge in [0.1, 0.15) is 24.1 Å². The molecule has 1 aromatic rings. The first-order valence-electron chi connectivity index (χ1n) is 11.2. The minimum Gasteiger partial charge on any atom is -0.491 e. The number of carbonyl (C=O) groups is 1. The van der Waals surface area contributed by atoms with E-state index in [1.165, 1.54) is 19.3 Å². The Morgan fingerprint density at radius 3 is 2.34 bits per heavy atom. The van der Waals surface area contributed by atoms with Gasteiger partial charge in [-0.2, -0.15) is 0 Å². The maximum absolute atomic E-state index is 12.4. The smallest absolute Gasteiger partial charge is 0.306 e. The molecule has 164 valence electrons. The molecule has 29 heavy (non-hydrogen) atoms. The Labute approximate surface area is 176 Å². The zero-order valence-corrected chi connectivity index (χ0v) is 18.4. The zero-order chi connectivity index (χ0) is 21.1. The number of rotatable bonds is 10. The lowest BCUT2D eigenvalue weighted by atomic mass is 9.88. The SMILES string of the molecule is CC(C)NCC(O)COc1ccc(CCC(=O)OC2(C)CCCCCCC2)cc1. The van der Waals surface area contributed by atoms with Crippen LogP contribution >= 0.6 is 0 Å². The predicted molar refractivity (Wildman–Crippen MR) is 116 cm³/mol. The molecule has 0 amide bonds. The Morgan fingerprint density at radius 2 is 1.72 bits per heavy atom. The number of aliphatic hydroxyl groups excluding tert-OH is 1. The van der Waals surface area contributed by atoms with E-state index in [1.54, 1.807) is 0 Å². The molecule has 0 aromatic heterocycles. The first kappa shape index (κ1) is 23.7. The fraction of sp³-hybridized carbons (Fsp3) is 0.708. The Hall–Kier alpha value is -1.59. The lowest BCUT2D eigenvalue weighted by molar-refractivity contribution is -0.160. The van der Waals surface area contributed by atoms with Crippen LogP contribution in [0.1, 0.15) is 77.7 Å². The summed E-state index contributed by atoms with van der Waals surface area (Å²) in [6, 6.07) is 8.06. The van der Waals surface area contributed by atoms with Crippen molar-refractivity contribution in [2.45, 2.75) is 96.3 Å². The third-order valence-electron chi connectivity index (χ3n) is 5.52. The van der Waals surface area contributed by atoms with Crippen LogP contribution in [0.5, 0.6) is 5.75 Å². The highest BCUT2D eigenvalue weighted by Crippen LogP contribution is 2.29. The van der Waals surface area contributed by atoms with Gasteiger partial charge in [0, 0.05) is 19.0 Å². The average molecular weight is 406 g/mol. The molecule has 5 heteroatoms. The molecule has 1 saturated carbocycles. The highest BCUT2D eigenvalue weighted by Gasteiger charge is 2.28. The third-order valence-corrected chi connectivity index (χ3v) is 5.52. The summed E-state index contributed by atoms with van der Waals surface area (Å²) >= 11 is 0.